The Hall–Kier alpha value is -5.71. The van der Waals surface area contributed by atoms with Crippen molar-refractivity contribution in [3.05, 3.63) is 101 Å². The van der Waals surface area contributed by atoms with Gasteiger partial charge in [0.15, 0.2) is 5.78 Å². The number of hydrogen-bond acceptors (Lipinski definition) is 9. The average Bonchev–Trinajstić information content (AvgIpc) is 3.03. The van der Waals surface area contributed by atoms with Crippen molar-refractivity contribution in [1.29, 1.82) is 0 Å². The number of fused-ring (bicyclic) bond motifs is 1. The Bertz CT molecular complexity index is 1910. The summed E-state index contributed by atoms with van der Waals surface area (Å²) in [4.78, 5) is 37.8. The molecule has 0 saturated carbocycles. The molecule has 1 aliphatic heterocycles. The van der Waals surface area contributed by atoms with E-state index in [1.54, 1.807) is 78.7 Å². The second-order valence-electron chi connectivity index (χ2n) is 10.0. The molecule has 2 heterocycles. The van der Waals surface area contributed by atoms with E-state index in [0.29, 0.717) is 39.4 Å². The van der Waals surface area contributed by atoms with Crippen LogP contribution in [-0.2, 0) is 11.2 Å². The number of nitrogens with zero attached hydrogens (tertiary/aromatic N) is 3. The number of rotatable bonds is 5. The van der Waals surface area contributed by atoms with E-state index in [2.05, 4.69) is 33.6 Å². The van der Waals surface area contributed by atoms with Gasteiger partial charge in [-0.3, -0.25) is 4.79 Å². The first-order valence-electron chi connectivity index (χ1n) is 13.5. The van der Waals surface area contributed by atoms with Crippen molar-refractivity contribution in [3.63, 3.8) is 0 Å². The molecule has 0 bridgehead atoms. The number of carbonyl (C=O) groups is 2. The summed E-state index contributed by atoms with van der Waals surface area (Å²) < 4.78 is 10.9. The summed E-state index contributed by atoms with van der Waals surface area (Å²) >= 11 is 0. The van der Waals surface area contributed by atoms with Crippen LogP contribution in [0.1, 0.15) is 32.6 Å². The number of Topliss-reactive ketones (excluding diaryl/α,β-unsaturated/α-hetero) is 1. The van der Waals surface area contributed by atoms with E-state index in [0.717, 1.165) is 0 Å². The van der Waals surface area contributed by atoms with Crippen molar-refractivity contribution >= 4 is 41.6 Å². The van der Waals surface area contributed by atoms with E-state index in [1.807, 2.05) is 0 Å². The quantitative estimate of drug-likeness (QED) is 0.221. The molecular formula is C34H30ClN5O5. The number of carboxylic acids is 1. The summed E-state index contributed by atoms with van der Waals surface area (Å²) in [5.74, 6) is 10.9. The van der Waals surface area contributed by atoms with E-state index in [9.17, 15) is 14.7 Å². The standard InChI is InChI=1S/C34H29N5O5.ClH/c1-39-25-12-8-11-23(19-24-20-37-33(36)38-31(24)35)29(25)30(40)34(32(41)42,18-17-22-10-5-7-14-27(22)44-3)28(39)16-15-21-9-4-6-13-26(21)43-2;/h4-14,20,28H,19H2,1-3H3,(H,41,42)(H4,35,36,37,38);1H. The molecule has 0 spiro atoms. The maximum atomic E-state index is 14.7. The van der Waals surface area contributed by atoms with Gasteiger partial charge < -0.3 is 30.9 Å². The maximum Gasteiger partial charge on any atom is 0.333 e. The highest BCUT2D eigenvalue weighted by molar-refractivity contribution is 6.21. The number of ether oxygens (including phenoxy) is 2. The third-order valence-corrected chi connectivity index (χ3v) is 7.48. The number of para-hydroxylation sites is 2. The molecule has 3 aromatic carbocycles. The lowest BCUT2D eigenvalue weighted by atomic mass is 9.69. The van der Waals surface area contributed by atoms with Crippen LogP contribution in [0, 0.1) is 29.1 Å². The fourth-order valence-electron chi connectivity index (χ4n) is 5.22. The molecule has 2 atom stereocenters. The minimum Gasteiger partial charge on any atom is -0.495 e. The number of aromatic nitrogens is 2. The molecule has 5 N–H and O–H groups in total. The van der Waals surface area contributed by atoms with Crippen molar-refractivity contribution in [2.75, 3.05) is 37.6 Å². The van der Waals surface area contributed by atoms with Crippen LogP contribution in [0.3, 0.4) is 0 Å². The lowest BCUT2D eigenvalue weighted by molar-refractivity contribution is -0.143. The van der Waals surface area contributed by atoms with E-state index < -0.39 is 23.2 Å². The summed E-state index contributed by atoms with van der Waals surface area (Å²) in [5.41, 5.74) is 12.2. The summed E-state index contributed by atoms with van der Waals surface area (Å²) in [6, 6.07) is 18.1. The molecule has 0 fully saturated rings. The third kappa shape index (κ3) is 5.92. The Kier molecular flexibility index (Phi) is 9.51. The number of carboxylic acid groups (broad SMARTS) is 1. The van der Waals surface area contributed by atoms with E-state index in [1.165, 1.54) is 20.4 Å². The van der Waals surface area contributed by atoms with Gasteiger partial charge in [-0.2, -0.15) is 4.98 Å². The molecule has 228 valence electrons. The molecule has 0 aliphatic carbocycles. The summed E-state index contributed by atoms with van der Waals surface area (Å²) in [7, 11) is 4.71. The number of nitrogen functional groups attached to an aromatic ring is 2. The highest BCUT2D eigenvalue weighted by Crippen LogP contribution is 2.43. The van der Waals surface area contributed by atoms with Crippen molar-refractivity contribution in [1.82, 2.24) is 9.97 Å². The average molecular weight is 624 g/mol. The SMILES string of the molecule is COc1ccccc1C#CC1N(C)c2cccc(Cc3cnc(N)nc3N)c2C(=O)C1(C#Cc1ccccc1OC)C(=O)O.Cl. The van der Waals surface area contributed by atoms with Gasteiger partial charge in [-0.05, 0) is 35.9 Å². The molecule has 0 saturated heterocycles. The predicted molar refractivity (Wildman–Crippen MR) is 174 cm³/mol. The third-order valence-electron chi connectivity index (χ3n) is 7.48. The molecule has 0 radical (unpaired) electrons. The Labute approximate surface area is 266 Å². The largest absolute Gasteiger partial charge is 0.495 e. The van der Waals surface area contributed by atoms with Gasteiger partial charge in [0, 0.05) is 36.5 Å². The fraction of sp³-hybridized carbons (Fsp3) is 0.176. The van der Waals surface area contributed by atoms with Crippen LogP contribution in [-0.4, -0.2) is 54.1 Å². The molecule has 1 aromatic heterocycles. The van der Waals surface area contributed by atoms with Gasteiger partial charge >= 0.3 is 5.97 Å². The van der Waals surface area contributed by atoms with Gasteiger partial charge in [0.05, 0.1) is 25.3 Å². The lowest BCUT2D eigenvalue weighted by Gasteiger charge is -2.42. The first kappa shape index (κ1) is 32.2. The molecule has 2 unspecified atom stereocenters. The predicted octanol–water partition coefficient (Wildman–Crippen LogP) is 3.85. The normalized spacial score (nSPS) is 16.6. The van der Waals surface area contributed by atoms with E-state index >= 15 is 0 Å². The van der Waals surface area contributed by atoms with Gasteiger partial charge in [0.25, 0.3) is 0 Å². The van der Waals surface area contributed by atoms with Gasteiger partial charge in [-0.15, -0.1) is 12.4 Å². The molecule has 0 amide bonds. The zero-order valence-electron chi connectivity index (χ0n) is 24.7. The van der Waals surface area contributed by atoms with Crippen LogP contribution in [0.4, 0.5) is 17.5 Å². The second kappa shape index (κ2) is 13.3. The van der Waals surface area contributed by atoms with Gasteiger partial charge in [0.2, 0.25) is 11.4 Å². The lowest BCUT2D eigenvalue weighted by Crippen LogP contribution is -2.58. The molecule has 45 heavy (non-hydrogen) atoms. The Balaban J connectivity index is 0.00000461. The monoisotopic (exact) mass is 623 g/mol. The van der Waals surface area contributed by atoms with Crippen molar-refractivity contribution in [2.45, 2.75) is 12.5 Å². The highest BCUT2D eigenvalue weighted by Gasteiger charge is 2.57. The zero-order valence-corrected chi connectivity index (χ0v) is 25.5. The summed E-state index contributed by atoms with van der Waals surface area (Å²) in [6.07, 6.45) is 1.64. The number of carbonyl (C=O) groups excluding carboxylic acids is 1. The Morgan fingerprint density at radius 3 is 2.18 bits per heavy atom. The zero-order chi connectivity index (χ0) is 31.4. The van der Waals surface area contributed by atoms with Crippen LogP contribution >= 0.6 is 12.4 Å². The number of benzene rings is 3. The number of ketones is 1. The summed E-state index contributed by atoms with van der Waals surface area (Å²) in [6.45, 7) is 0. The van der Waals surface area contributed by atoms with Crippen molar-refractivity contribution in [3.8, 4) is 35.2 Å². The van der Waals surface area contributed by atoms with Crippen molar-refractivity contribution in [2.24, 2.45) is 5.41 Å². The number of halogens is 1. The molecule has 4 aromatic rings. The topological polar surface area (TPSA) is 154 Å². The summed E-state index contributed by atoms with van der Waals surface area (Å²) in [5, 5.41) is 10.9. The molecule has 5 rings (SSSR count). The number of aliphatic carboxylic acids is 1. The maximum absolute atomic E-state index is 14.7. The van der Waals surface area contributed by atoms with Gasteiger partial charge in [0.1, 0.15) is 23.4 Å². The fourth-order valence-corrected chi connectivity index (χ4v) is 5.22. The van der Waals surface area contributed by atoms with Crippen LogP contribution in [0.25, 0.3) is 0 Å². The minimum atomic E-state index is -2.29. The van der Waals surface area contributed by atoms with Crippen LogP contribution < -0.4 is 25.8 Å². The van der Waals surface area contributed by atoms with Gasteiger partial charge in [-0.25, -0.2) is 9.78 Å². The van der Waals surface area contributed by atoms with E-state index in [4.69, 9.17) is 20.9 Å². The first-order valence-corrected chi connectivity index (χ1v) is 13.5. The molecule has 11 heteroatoms. The molecular weight excluding hydrogens is 594 g/mol. The number of nitrogens with two attached hydrogens (primary N) is 2. The number of anilines is 3. The first-order chi connectivity index (χ1) is 21.2. The smallest absolute Gasteiger partial charge is 0.333 e. The number of hydrogen-bond donors (Lipinski definition) is 3. The second-order valence-corrected chi connectivity index (χ2v) is 10.0. The number of methoxy groups -OCH3 is 2. The highest BCUT2D eigenvalue weighted by atomic mass is 35.5. The molecule has 1 aliphatic rings. The molecule has 10 nitrogen and oxygen atoms in total. The van der Waals surface area contributed by atoms with Crippen molar-refractivity contribution < 1.29 is 24.2 Å². The minimum absolute atomic E-state index is 0. The Morgan fingerprint density at radius 1 is 0.956 bits per heavy atom. The Morgan fingerprint density at radius 2 is 1.58 bits per heavy atom. The van der Waals surface area contributed by atoms with Crippen LogP contribution in [0.2, 0.25) is 0 Å². The van der Waals surface area contributed by atoms with Crippen LogP contribution in [0.15, 0.2) is 72.9 Å². The van der Waals surface area contributed by atoms with Crippen LogP contribution in [0.5, 0.6) is 11.5 Å². The van der Waals surface area contributed by atoms with E-state index in [-0.39, 0.29) is 36.2 Å². The van der Waals surface area contributed by atoms with Gasteiger partial charge in [-0.1, -0.05) is 60.1 Å².